The van der Waals surface area contributed by atoms with Crippen LogP contribution in [0.5, 0.6) is 0 Å². The van der Waals surface area contributed by atoms with Gasteiger partial charge in [-0.2, -0.15) is 0 Å². The standard InChI is InChI=1S/C11H12O2/c12-11(13)10-7-3-5-8-4-1-2-6-9(8)10/h1-6,10-13H,7H2. The SMILES string of the molecule is OC(O)C1CC=Cc2ccccc21. The number of allylic oxidation sites excluding steroid dienone is 1. The molecule has 2 N–H and O–H groups in total. The van der Waals surface area contributed by atoms with E-state index in [4.69, 9.17) is 10.2 Å². The minimum Gasteiger partial charge on any atom is -0.368 e. The highest BCUT2D eigenvalue weighted by molar-refractivity contribution is 5.57. The molecule has 0 aromatic heterocycles. The van der Waals surface area contributed by atoms with Crippen LogP contribution in [0.15, 0.2) is 30.3 Å². The largest absolute Gasteiger partial charge is 0.368 e. The summed E-state index contributed by atoms with van der Waals surface area (Å²) in [5.74, 6) is -0.166. The Kier molecular flexibility index (Phi) is 2.17. The average molecular weight is 176 g/mol. The fourth-order valence-electron chi connectivity index (χ4n) is 1.75. The Morgan fingerprint density at radius 3 is 2.77 bits per heavy atom. The van der Waals surface area contributed by atoms with Gasteiger partial charge in [-0.3, -0.25) is 0 Å². The van der Waals surface area contributed by atoms with Gasteiger partial charge in [0.2, 0.25) is 0 Å². The lowest BCUT2D eigenvalue weighted by Gasteiger charge is -2.22. The Balaban J connectivity index is 2.43. The molecule has 1 aliphatic carbocycles. The Morgan fingerprint density at radius 2 is 2.00 bits per heavy atom. The van der Waals surface area contributed by atoms with E-state index in [1.54, 1.807) is 0 Å². The minimum absolute atomic E-state index is 0.166. The highest BCUT2D eigenvalue weighted by Gasteiger charge is 2.21. The summed E-state index contributed by atoms with van der Waals surface area (Å²) in [5.41, 5.74) is 2.12. The Labute approximate surface area is 77.1 Å². The lowest BCUT2D eigenvalue weighted by atomic mass is 9.87. The van der Waals surface area contributed by atoms with E-state index in [0.717, 1.165) is 11.1 Å². The molecule has 2 rings (SSSR count). The normalized spacial score (nSPS) is 20.4. The molecule has 0 spiro atoms. The van der Waals surface area contributed by atoms with Gasteiger partial charge in [-0.05, 0) is 17.5 Å². The molecule has 1 aromatic rings. The van der Waals surface area contributed by atoms with Crippen molar-refractivity contribution in [1.29, 1.82) is 0 Å². The third kappa shape index (κ3) is 1.50. The van der Waals surface area contributed by atoms with Crippen LogP contribution in [0.4, 0.5) is 0 Å². The quantitative estimate of drug-likeness (QED) is 0.636. The van der Waals surface area contributed by atoms with Gasteiger partial charge < -0.3 is 10.2 Å². The van der Waals surface area contributed by atoms with Gasteiger partial charge in [0.1, 0.15) is 0 Å². The summed E-state index contributed by atoms with van der Waals surface area (Å²) in [7, 11) is 0. The van der Waals surface area contributed by atoms with E-state index in [1.165, 1.54) is 0 Å². The molecule has 13 heavy (non-hydrogen) atoms. The first kappa shape index (κ1) is 8.48. The number of hydrogen-bond acceptors (Lipinski definition) is 2. The number of rotatable bonds is 1. The van der Waals surface area contributed by atoms with Crippen LogP contribution in [0.1, 0.15) is 23.5 Å². The molecule has 0 saturated heterocycles. The summed E-state index contributed by atoms with van der Waals surface area (Å²) in [4.78, 5) is 0. The van der Waals surface area contributed by atoms with E-state index in [0.29, 0.717) is 6.42 Å². The van der Waals surface area contributed by atoms with Crippen molar-refractivity contribution in [2.24, 2.45) is 0 Å². The molecule has 0 radical (unpaired) electrons. The summed E-state index contributed by atoms with van der Waals surface area (Å²) in [6, 6.07) is 7.81. The summed E-state index contributed by atoms with van der Waals surface area (Å²) in [5, 5.41) is 18.3. The molecule has 1 aromatic carbocycles. The predicted octanol–water partition coefficient (Wildman–Crippen LogP) is 1.50. The second-order valence-corrected chi connectivity index (χ2v) is 3.29. The van der Waals surface area contributed by atoms with Crippen LogP contribution in [0, 0.1) is 0 Å². The molecule has 0 fully saturated rings. The fraction of sp³-hybridized carbons (Fsp3) is 0.273. The fourth-order valence-corrected chi connectivity index (χ4v) is 1.75. The summed E-state index contributed by atoms with van der Waals surface area (Å²) < 4.78 is 0. The highest BCUT2D eigenvalue weighted by atomic mass is 16.5. The van der Waals surface area contributed by atoms with Crippen LogP contribution in [0.3, 0.4) is 0 Å². The van der Waals surface area contributed by atoms with E-state index < -0.39 is 6.29 Å². The molecule has 0 saturated carbocycles. The first-order chi connectivity index (χ1) is 6.29. The van der Waals surface area contributed by atoms with Gasteiger partial charge in [-0.25, -0.2) is 0 Å². The third-order valence-electron chi connectivity index (χ3n) is 2.44. The Bertz CT molecular complexity index is 329. The Morgan fingerprint density at radius 1 is 1.23 bits per heavy atom. The minimum atomic E-state index is -1.26. The van der Waals surface area contributed by atoms with Crippen molar-refractivity contribution < 1.29 is 10.2 Å². The molecule has 0 amide bonds. The van der Waals surface area contributed by atoms with Crippen molar-refractivity contribution in [3.8, 4) is 0 Å². The second-order valence-electron chi connectivity index (χ2n) is 3.29. The van der Waals surface area contributed by atoms with Crippen LogP contribution in [-0.2, 0) is 0 Å². The van der Waals surface area contributed by atoms with Crippen LogP contribution in [0.2, 0.25) is 0 Å². The van der Waals surface area contributed by atoms with Crippen molar-refractivity contribution in [3.05, 3.63) is 41.5 Å². The van der Waals surface area contributed by atoms with Crippen molar-refractivity contribution in [3.63, 3.8) is 0 Å². The molecule has 2 heteroatoms. The van der Waals surface area contributed by atoms with E-state index >= 15 is 0 Å². The number of benzene rings is 1. The van der Waals surface area contributed by atoms with E-state index in [-0.39, 0.29) is 5.92 Å². The zero-order valence-electron chi connectivity index (χ0n) is 7.22. The topological polar surface area (TPSA) is 40.5 Å². The summed E-state index contributed by atoms with van der Waals surface area (Å²) >= 11 is 0. The lowest BCUT2D eigenvalue weighted by molar-refractivity contribution is -0.0598. The van der Waals surface area contributed by atoms with Gasteiger partial charge in [0.15, 0.2) is 6.29 Å². The Hall–Kier alpha value is -1.12. The number of hydrogen-bond donors (Lipinski definition) is 2. The molecule has 2 nitrogen and oxygen atoms in total. The monoisotopic (exact) mass is 176 g/mol. The summed E-state index contributed by atoms with van der Waals surface area (Å²) in [6.45, 7) is 0. The molecule has 1 atom stereocenters. The average Bonchev–Trinajstić information content (AvgIpc) is 2.17. The first-order valence-corrected chi connectivity index (χ1v) is 4.40. The molecular weight excluding hydrogens is 164 g/mol. The maximum absolute atomic E-state index is 9.15. The van der Waals surface area contributed by atoms with Crippen molar-refractivity contribution in [2.45, 2.75) is 18.6 Å². The lowest BCUT2D eigenvalue weighted by Crippen LogP contribution is -2.19. The van der Waals surface area contributed by atoms with Gasteiger partial charge in [-0.15, -0.1) is 0 Å². The van der Waals surface area contributed by atoms with E-state index in [9.17, 15) is 0 Å². The summed E-state index contributed by atoms with van der Waals surface area (Å²) in [6.07, 6.45) is 3.45. The third-order valence-corrected chi connectivity index (χ3v) is 2.44. The van der Waals surface area contributed by atoms with Gasteiger partial charge in [0.05, 0.1) is 0 Å². The molecule has 0 bridgehead atoms. The smallest absolute Gasteiger partial charge is 0.158 e. The van der Waals surface area contributed by atoms with Crippen LogP contribution in [-0.4, -0.2) is 16.5 Å². The maximum atomic E-state index is 9.15. The number of fused-ring (bicyclic) bond motifs is 1. The molecule has 68 valence electrons. The van der Waals surface area contributed by atoms with Crippen LogP contribution >= 0.6 is 0 Å². The molecule has 1 unspecified atom stereocenters. The van der Waals surface area contributed by atoms with Gasteiger partial charge >= 0.3 is 0 Å². The number of aliphatic hydroxyl groups is 2. The van der Waals surface area contributed by atoms with Gasteiger partial charge in [-0.1, -0.05) is 36.4 Å². The molecule has 0 aliphatic heterocycles. The molecular formula is C11H12O2. The van der Waals surface area contributed by atoms with Crippen molar-refractivity contribution in [2.75, 3.05) is 0 Å². The first-order valence-electron chi connectivity index (χ1n) is 4.40. The van der Waals surface area contributed by atoms with Crippen molar-refractivity contribution >= 4 is 6.08 Å². The zero-order chi connectivity index (χ0) is 9.26. The van der Waals surface area contributed by atoms with E-state index in [2.05, 4.69) is 0 Å². The number of aliphatic hydroxyl groups excluding tert-OH is 1. The van der Waals surface area contributed by atoms with Gasteiger partial charge in [0, 0.05) is 5.92 Å². The zero-order valence-corrected chi connectivity index (χ0v) is 7.22. The van der Waals surface area contributed by atoms with E-state index in [1.807, 2.05) is 36.4 Å². The van der Waals surface area contributed by atoms with Crippen molar-refractivity contribution in [1.82, 2.24) is 0 Å². The van der Waals surface area contributed by atoms with Crippen LogP contribution in [0.25, 0.3) is 6.08 Å². The molecule has 0 heterocycles. The van der Waals surface area contributed by atoms with Crippen LogP contribution < -0.4 is 0 Å². The predicted molar refractivity (Wildman–Crippen MR) is 51.1 cm³/mol. The molecule has 1 aliphatic rings. The second kappa shape index (κ2) is 3.32. The van der Waals surface area contributed by atoms with Gasteiger partial charge in [0.25, 0.3) is 0 Å². The maximum Gasteiger partial charge on any atom is 0.158 e. The highest BCUT2D eigenvalue weighted by Crippen LogP contribution is 2.31.